The molecule has 4 nitrogen and oxygen atoms in total. The molecular formula is C22H27N3O. The lowest BCUT2D eigenvalue weighted by atomic mass is 10.0. The number of benzene rings is 2. The highest BCUT2D eigenvalue weighted by atomic mass is 16.2. The summed E-state index contributed by atoms with van der Waals surface area (Å²) in [6.07, 6.45) is 2.09. The predicted molar refractivity (Wildman–Crippen MR) is 104 cm³/mol. The Morgan fingerprint density at radius 2 is 1.81 bits per heavy atom. The van der Waals surface area contributed by atoms with Gasteiger partial charge in [0.15, 0.2) is 0 Å². The maximum atomic E-state index is 12.9. The van der Waals surface area contributed by atoms with E-state index in [1.54, 1.807) is 0 Å². The molecule has 0 unspecified atom stereocenters. The minimum absolute atomic E-state index is 0.154. The maximum absolute atomic E-state index is 12.9. The van der Waals surface area contributed by atoms with Crippen LogP contribution in [0, 0.1) is 0 Å². The van der Waals surface area contributed by atoms with Crippen molar-refractivity contribution >= 4 is 5.91 Å². The quantitative estimate of drug-likeness (QED) is 0.922. The third-order valence-electron chi connectivity index (χ3n) is 5.76. The second-order valence-corrected chi connectivity index (χ2v) is 7.50. The Labute approximate surface area is 155 Å². The lowest BCUT2D eigenvalue weighted by Gasteiger charge is -2.37. The second kappa shape index (κ2) is 7.60. The van der Waals surface area contributed by atoms with Crippen molar-refractivity contribution in [2.45, 2.75) is 38.5 Å². The van der Waals surface area contributed by atoms with Gasteiger partial charge in [-0.3, -0.25) is 9.69 Å². The van der Waals surface area contributed by atoms with E-state index in [9.17, 15) is 4.79 Å². The van der Waals surface area contributed by atoms with Crippen molar-refractivity contribution in [3.63, 3.8) is 0 Å². The fraction of sp³-hybridized carbons (Fsp3) is 0.409. The van der Waals surface area contributed by atoms with Gasteiger partial charge in [0, 0.05) is 51.4 Å². The molecule has 0 aromatic heterocycles. The van der Waals surface area contributed by atoms with Crippen LogP contribution < -0.4 is 5.32 Å². The van der Waals surface area contributed by atoms with Crippen molar-refractivity contribution in [3.8, 4) is 0 Å². The van der Waals surface area contributed by atoms with Crippen molar-refractivity contribution < 1.29 is 4.79 Å². The van der Waals surface area contributed by atoms with E-state index in [-0.39, 0.29) is 5.91 Å². The number of piperidine rings is 1. The number of amides is 1. The maximum Gasteiger partial charge on any atom is 0.253 e. The fourth-order valence-corrected chi connectivity index (χ4v) is 4.10. The summed E-state index contributed by atoms with van der Waals surface area (Å²) in [5.41, 5.74) is 4.77. The molecule has 0 aliphatic carbocycles. The summed E-state index contributed by atoms with van der Waals surface area (Å²) in [4.78, 5) is 17.4. The van der Waals surface area contributed by atoms with E-state index in [2.05, 4.69) is 52.7 Å². The van der Waals surface area contributed by atoms with Crippen molar-refractivity contribution in [3.05, 3.63) is 70.8 Å². The first-order chi connectivity index (χ1) is 12.7. The van der Waals surface area contributed by atoms with Crippen LogP contribution in [0.4, 0.5) is 0 Å². The van der Waals surface area contributed by atoms with Gasteiger partial charge >= 0.3 is 0 Å². The first-order valence-corrected chi connectivity index (χ1v) is 9.56. The standard InChI is InChI=1S/C22H27N3O/c1-24(22(26)18-7-8-19-14-23-15-20(19)13-18)21-9-11-25(12-10-21)16-17-5-3-2-4-6-17/h2-8,13,21,23H,9-12,14-16H2,1H3. The third kappa shape index (κ3) is 3.67. The van der Waals surface area contributed by atoms with Gasteiger partial charge in [-0.05, 0) is 41.7 Å². The molecule has 0 saturated carbocycles. The number of carbonyl (C=O) groups is 1. The first-order valence-electron chi connectivity index (χ1n) is 9.56. The molecule has 136 valence electrons. The zero-order valence-electron chi connectivity index (χ0n) is 15.4. The molecule has 1 amide bonds. The van der Waals surface area contributed by atoms with E-state index >= 15 is 0 Å². The zero-order valence-corrected chi connectivity index (χ0v) is 15.4. The normalized spacial score (nSPS) is 17.9. The number of likely N-dealkylation sites (tertiary alicyclic amines) is 1. The van der Waals surface area contributed by atoms with Crippen LogP contribution in [0.5, 0.6) is 0 Å². The molecule has 0 radical (unpaired) electrons. The fourth-order valence-electron chi connectivity index (χ4n) is 4.10. The van der Waals surface area contributed by atoms with Gasteiger partial charge < -0.3 is 10.2 Å². The lowest BCUT2D eigenvalue weighted by Crippen LogP contribution is -2.45. The molecule has 2 heterocycles. The Morgan fingerprint density at radius 3 is 2.58 bits per heavy atom. The SMILES string of the molecule is CN(C(=O)c1ccc2c(c1)CNC2)C1CCN(Cc2ccccc2)CC1. The van der Waals surface area contributed by atoms with Gasteiger partial charge in [-0.2, -0.15) is 0 Å². The molecule has 4 rings (SSSR count). The van der Waals surface area contributed by atoms with Crippen LogP contribution in [0.15, 0.2) is 48.5 Å². The van der Waals surface area contributed by atoms with E-state index in [0.29, 0.717) is 6.04 Å². The summed E-state index contributed by atoms with van der Waals surface area (Å²) in [5.74, 6) is 0.154. The highest BCUT2D eigenvalue weighted by molar-refractivity contribution is 5.94. The number of carbonyl (C=O) groups excluding carboxylic acids is 1. The van der Waals surface area contributed by atoms with Crippen LogP contribution in [0.2, 0.25) is 0 Å². The highest BCUT2D eigenvalue weighted by Gasteiger charge is 2.26. The van der Waals surface area contributed by atoms with Gasteiger partial charge in [-0.25, -0.2) is 0 Å². The van der Waals surface area contributed by atoms with E-state index in [1.165, 1.54) is 16.7 Å². The zero-order chi connectivity index (χ0) is 17.9. The monoisotopic (exact) mass is 349 g/mol. The second-order valence-electron chi connectivity index (χ2n) is 7.50. The van der Waals surface area contributed by atoms with Crippen LogP contribution in [0.3, 0.4) is 0 Å². The minimum Gasteiger partial charge on any atom is -0.339 e. The van der Waals surface area contributed by atoms with Crippen LogP contribution in [-0.2, 0) is 19.6 Å². The topological polar surface area (TPSA) is 35.6 Å². The average Bonchev–Trinajstić information content (AvgIpc) is 3.16. The summed E-state index contributed by atoms with van der Waals surface area (Å²) in [7, 11) is 1.96. The average molecular weight is 349 g/mol. The van der Waals surface area contributed by atoms with Crippen molar-refractivity contribution in [1.82, 2.24) is 15.1 Å². The van der Waals surface area contributed by atoms with Gasteiger partial charge in [0.05, 0.1) is 0 Å². The Morgan fingerprint density at radius 1 is 1.08 bits per heavy atom. The van der Waals surface area contributed by atoms with Crippen LogP contribution in [-0.4, -0.2) is 41.9 Å². The third-order valence-corrected chi connectivity index (χ3v) is 5.76. The Balaban J connectivity index is 1.34. The minimum atomic E-state index is 0.154. The van der Waals surface area contributed by atoms with Gasteiger partial charge in [0.1, 0.15) is 0 Å². The molecule has 2 aliphatic heterocycles. The summed E-state index contributed by atoms with van der Waals surface area (Å²) < 4.78 is 0. The van der Waals surface area contributed by atoms with Crippen molar-refractivity contribution in [2.75, 3.05) is 20.1 Å². The van der Waals surface area contributed by atoms with E-state index in [0.717, 1.165) is 51.1 Å². The molecule has 2 aromatic carbocycles. The summed E-state index contributed by atoms with van der Waals surface area (Å²) in [5, 5.41) is 3.34. The number of rotatable bonds is 4. The molecule has 2 aliphatic rings. The predicted octanol–water partition coefficient (Wildman–Crippen LogP) is 3.03. The molecule has 26 heavy (non-hydrogen) atoms. The summed E-state index contributed by atoms with van der Waals surface area (Å²) in [6, 6.07) is 17.1. The van der Waals surface area contributed by atoms with Gasteiger partial charge in [0.2, 0.25) is 0 Å². The van der Waals surface area contributed by atoms with Gasteiger partial charge in [0.25, 0.3) is 5.91 Å². The smallest absolute Gasteiger partial charge is 0.253 e. The molecule has 1 N–H and O–H groups in total. The Kier molecular flexibility index (Phi) is 5.05. The van der Waals surface area contributed by atoms with Crippen molar-refractivity contribution in [2.24, 2.45) is 0 Å². The molecule has 1 fully saturated rings. The largest absolute Gasteiger partial charge is 0.339 e. The molecular weight excluding hydrogens is 322 g/mol. The molecule has 0 atom stereocenters. The van der Waals surface area contributed by atoms with E-state index < -0.39 is 0 Å². The number of nitrogens with zero attached hydrogens (tertiary/aromatic N) is 2. The molecule has 0 bridgehead atoms. The number of hydrogen-bond acceptors (Lipinski definition) is 3. The van der Waals surface area contributed by atoms with Crippen LogP contribution in [0.1, 0.15) is 39.9 Å². The van der Waals surface area contributed by atoms with Crippen molar-refractivity contribution in [1.29, 1.82) is 0 Å². The van der Waals surface area contributed by atoms with E-state index in [1.807, 2.05) is 18.0 Å². The molecule has 2 aromatic rings. The summed E-state index contributed by atoms with van der Waals surface area (Å²) >= 11 is 0. The molecule has 4 heteroatoms. The first kappa shape index (κ1) is 17.3. The highest BCUT2D eigenvalue weighted by Crippen LogP contribution is 2.22. The van der Waals surface area contributed by atoms with E-state index in [4.69, 9.17) is 0 Å². The van der Waals surface area contributed by atoms with Gasteiger partial charge in [-0.15, -0.1) is 0 Å². The van der Waals surface area contributed by atoms with Crippen LogP contribution in [0.25, 0.3) is 0 Å². The Hall–Kier alpha value is -2.17. The summed E-state index contributed by atoms with van der Waals surface area (Å²) in [6.45, 7) is 4.89. The van der Waals surface area contributed by atoms with Gasteiger partial charge in [-0.1, -0.05) is 36.4 Å². The van der Waals surface area contributed by atoms with Crippen LogP contribution >= 0.6 is 0 Å². The Bertz CT molecular complexity index is 766. The molecule has 1 saturated heterocycles. The molecule has 0 spiro atoms. The number of fused-ring (bicyclic) bond motifs is 1. The number of nitrogens with one attached hydrogen (secondary N) is 1. The lowest BCUT2D eigenvalue weighted by molar-refractivity contribution is 0.0636. The number of hydrogen-bond donors (Lipinski definition) is 1.